The Morgan fingerprint density at radius 3 is 2.19 bits per heavy atom. The van der Waals surface area contributed by atoms with Crippen LogP contribution in [0.5, 0.6) is 5.75 Å². The van der Waals surface area contributed by atoms with E-state index in [0.29, 0.717) is 6.42 Å². The third-order valence-electron chi connectivity index (χ3n) is 3.34. The highest BCUT2D eigenvalue weighted by molar-refractivity contribution is 5.30. The lowest BCUT2D eigenvalue weighted by molar-refractivity contribution is 0.145. The molecule has 2 rings (SSSR count). The highest BCUT2D eigenvalue weighted by Crippen LogP contribution is 2.21. The van der Waals surface area contributed by atoms with E-state index in [2.05, 4.69) is 0 Å². The minimum atomic E-state index is -0.607. The van der Waals surface area contributed by atoms with Gasteiger partial charge in [0.2, 0.25) is 0 Å². The third-order valence-corrected chi connectivity index (χ3v) is 3.34. The van der Waals surface area contributed by atoms with Crippen molar-refractivity contribution in [2.45, 2.75) is 38.5 Å². The zero-order valence-electron chi connectivity index (χ0n) is 12.6. The molecule has 0 amide bonds. The van der Waals surface area contributed by atoms with Gasteiger partial charge in [-0.3, -0.25) is 0 Å². The molecule has 0 aliphatic heterocycles. The van der Waals surface area contributed by atoms with Crippen LogP contribution in [0.3, 0.4) is 0 Å². The molecular weight excluding hydrogens is 262 g/mol. The summed E-state index contributed by atoms with van der Waals surface area (Å²) in [6.07, 6.45) is 0.0872. The molecular formula is C18H23NO2. The fourth-order valence-corrected chi connectivity index (χ4v) is 2.25. The molecule has 21 heavy (non-hydrogen) atoms. The molecule has 0 bridgehead atoms. The Kier molecular flexibility index (Phi) is 5.37. The first kappa shape index (κ1) is 15.5. The van der Waals surface area contributed by atoms with Gasteiger partial charge in [-0.25, -0.2) is 0 Å². The summed E-state index contributed by atoms with van der Waals surface area (Å²) in [5, 5.41) is 10.3. The smallest absolute Gasteiger partial charge is 0.119 e. The molecule has 0 saturated carbocycles. The molecule has 0 spiro atoms. The van der Waals surface area contributed by atoms with Gasteiger partial charge in [-0.1, -0.05) is 42.5 Å². The van der Waals surface area contributed by atoms with Gasteiger partial charge in [-0.05, 0) is 37.1 Å². The Morgan fingerprint density at radius 1 is 1.00 bits per heavy atom. The molecule has 0 aliphatic carbocycles. The molecule has 2 aromatic rings. The van der Waals surface area contributed by atoms with Gasteiger partial charge >= 0.3 is 0 Å². The van der Waals surface area contributed by atoms with E-state index < -0.39 is 12.1 Å². The summed E-state index contributed by atoms with van der Waals surface area (Å²) in [5.41, 5.74) is 8.14. The van der Waals surface area contributed by atoms with Crippen molar-refractivity contribution in [1.29, 1.82) is 0 Å². The topological polar surface area (TPSA) is 55.5 Å². The summed E-state index contributed by atoms with van der Waals surface area (Å²) in [6.45, 7) is 3.98. The van der Waals surface area contributed by atoms with Crippen molar-refractivity contribution in [3.8, 4) is 5.75 Å². The molecule has 0 fully saturated rings. The van der Waals surface area contributed by atoms with Crippen LogP contribution in [0.15, 0.2) is 54.6 Å². The van der Waals surface area contributed by atoms with Crippen molar-refractivity contribution >= 4 is 0 Å². The van der Waals surface area contributed by atoms with Gasteiger partial charge in [0.05, 0.1) is 18.2 Å². The highest BCUT2D eigenvalue weighted by atomic mass is 16.5. The van der Waals surface area contributed by atoms with Crippen molar-refractivity contribution in [2.75, 3.05) is 0 Å². The lowest BCUT2D eigenvalue weighted by Crippen LogP contribution is -2.28. The van der Waals surface area contributed by atoms with Crippen molar-refractivity contribution in [3.05, 3.63) is 65.7 Å². The third kappa shape index (κ3) is 4.59. The second kappa shape index (κ2) is 7.25. The van der Waals surface area contributed by atoms with Crippen molar-refractivity contribution in [3.63, 3.8) is 0 Å². The zero-order chi connectivity index (χ0) is 15.2. The number of ether oxygens (including phenoxy) is 1. The average molecular weight is 285 g/mol. The molecule has 3 N–H and O–H groups in total. The lowest BCUT2D eigenvalue weighted by Gasteiger charge is -2.20. The maximum Gasteiger partial charge on any atom is 0.119 e. The van der Waals surface area contributed by atoms with Crippen LogP contribution in [-0.4, -0.2) is 17.3 Å². The van der Waals surface area contributed by atoms with Crippen LogP contribution in [0.25, 0.3) is 0 Å². The van der Waals surface area contributed by atoms with E-state index in [1.165, 1.54) is 0 Å². The normalized spacial score (nSPS) is 14.0. The first-order chi connectivity index (χ1) is 10.1. The Labute approximate surface area is 126 Å². The van der Waals surface area contributed by atoms with Crippen molar-refractivity contribution < 1.29 is 9.84 Å². The fraction of sp³-hybridized carbons (Fsp3) is 0.333. The minimum Gasteiger partial charge on any atom is -0.491 e. The van der Waals surface area contributed by atoms with Crippen LogP contribution in [-0.2, 0) is 6.42 Å². The Morgan fingerprint density at radius 2 is 1.62 bits per heavy atom. The molecule has 2 atom stereocenters. The van der Waals surface area contributed by atoms with Gasteiger partial charge in [-0.2, -0.15) is 0 Å². The number of aliphatic hydroxyl groups is 1. The number of aliphatic hydroxyl groups excluding tert-OH is 1. The maximum atomic E-state index is 10.3. The maximum absolute atomic E-state index is 10.3. The molecule has 2 aromatic carbocycles. The first-order valence-corrected chi connectivity index (χ1v) is 7.30. The number of rotatable bonds is 6. The lowest BCUT2D eigenvalue weighted by atomic mass is 9.97. The van der Waals surface area contributed by atoms with Crippen LogP contribution in [0, 0.1) is 0 Å². The molecule has 0 heterocycles. The SMILES string of the molecule is CC(C)Oc1ccc([C@H](N)[C@H](O)Cc2ccccc2)cc1. The molecule has 112 valence electrons. The van der Waals surface area contributed by atoms with E-state index in [4.69, 9.17) is 10.5 Å². The highest BCUT2D eigenvalue weighted by Gasteiger charge is 2.17. The van der Waals surface area contributed by atoms with E-state index >= 15 is 0 Å². The van der Waals surface area contributed by atoms with Crippen LogP contribution in [0.1, 0.15) is 31.0 Å². The van der Waals surface area contributed by atoms with Crippen LogP contribution >= 0.6 is 0 Å². The van der Waals surface area contributed by atoms with Gasteiger partial charge in [0.25, 0.3) is 0 Å². The molecule has 0 unspecified atom stereocenters. The molecule has 0 aliphatic rings. The van der Waals surface area contributed by atoms with Crippen LogP contribution in [0.2, 0.25) is 0 Å². The Balaban J connectivity index is 2.00. The predicted octanol–water partition coefficient (Wildman–Crippen LogP) is 3.08. The van der Waals surface area contributed by atoms with Crippen LogP contribution < -0.4 is 10.5 Å². The molecule has 0 aromatic heterocycles. The minimum absolute atomic E-state index is 0.146. The van der Waals surface area contributed by atoms with Gasteiger partial charge in [0.1, 0.15) is 5.75 Å². The second-order valence-corrected chi connectivity index (χ2v) is 5.52. The summed E-state index contributed by atoms with van der Waals surface area (Å²) in [4.78, 5) is 0. The number of nitrogens with two attached hydrogens (primary N) is 1. The van der Waals surface area contributed by atoms with E-state index in [9.17, 15) is 5.11 Å². The first-order valence-electron chi connectivity index (χ1n) is 7.30. The molecule has 0 saturated heterocycles. The standard InChI is InChI=1S/C18H23NO2/c1-13(2)21-16-10-8-15(9-11-16)18(19)17(20)12-14-6-4-3-5-7-14/h3-11,13,17-18,20H,12,19H2,1-2H3/t17-,18+/m1/s1. The predicted molar refractivity (Wildman–Crippen MR) is 85.3 cm³/mol. The number of hydrogen-bond donors (Lipinski definition) is 2. The Bertz CT molecular complexity index is 537. The summed E-state index contributed by atoms with van der Waals surface area (Å²) >= 11 is 0. The van der Waals surface area contributed by atoms with E-state index in [1.807, 2.05) is 68.4 Å². The largest absolute Gasteiger partial charge is 0.491 e. The number of hydrogen-bond acceptors (Lipinski definition) is 3. The van der Waals surface area contributed by atoms with Gasteiger partial charge in [-0.15, -0.1) is 0 Å². The average Bonchev–Trinajstić information content (AvgIpc) is 2.47. The van der Waals surface area contributed by atoms with E-state index in [-0.39, 0.29) is 6.10 Å². The van der Waals surface area contributed by atoms with Gasteiger partial charge < -0.3 is 15.6 Å². The van der Waals surface area contributed by atoms with E-state index in [1.54, 1.807) is 0 Å². The molecule has 3 nitrogen and oxygen atoms in total. The zero-order valence-corrected chi connectivity index (χ0v) is 12.6. The van der Waals surface area contributed by atoms with Crippen LogP contribution in [0.4, 0.5) is 0 Å². The van der Waals surface area contributed by atoms with Gasteiger partial charge in [0, 0.05) is 6.42 Å². The molecule has 3 heteroatoms. The van der Waals surface area contributed by atoms with Crippen molar-refractivity contribution in [2.24, 2.45) is 5.73 Å². The summed E-state index contributed by atoms with van der Waals surface area (Å²) in [5.74, 6) is 0.818. The summed E-state index contributed by atoms with van der Waals surface area (Å²) in [7, 11) is 0. The summed E-state index contributed by atoms with van der Waals surface area (Å²) < 4.78 is 5.60. The summed E-state index contributed by atoms with van der Waals surface area (Å²) in [6, 6.07) is 17.1. The second-order valence-electron chi connectivity index (χ2n) is 5.52. The Hall–Kier alpha value is -1.84. The molecule has 0 radical (unpaired) electrons. The van der Waals surface area contributed by atoms with Crippen molar-refractivity contribution in [1.82, 2.24) is 0 Å². The number of benzene rings is 2. The quantitative estimate of drug-likeness (QED) is 0.857. The fourth-order valence-electron chi connectivity index (χ4n) is 2.25. The monoisotopic (exact) mass is 285 g/mol. The van der Waals surface area contributed by atoms with Gasteiger partial charge in [0.15, 0.2) is 0 Å². The van der Waals surface area contributed by atoms with E-state index in [0.717, 1.165) is 16.9 Å².